The number of aryl methyl sites for hydroxylation is 1. The van der Waals surface area contributed by atoms with E-state index in [1.807, 2.05) is 19.1 Å². The SMILES string of the molecule is COc1ccc(CNc2ccc(C(=O)O)cc2)cc1C. The Bertz CT molecular complexity index is 606. The molecule has 4 nitrogen and oxygen atoms in total. The van der Waals surface area contributed by atoms with Gasteiger partial charge in [0.05, 0.1) is 12.7 Å². The first kappa shape index (κ1) is 13.9. The summed E-state index contributed by atoms with van der Waals surface area (Å²) in [7, 11) is 1.66. The van der Waals surface area contributed by atoms with Crippen LogP contribution >= 0.6 is 0 Å². The van der Waals surface area contributed by atoms with Gasteiger partial charge in [0.1, 0.15) is 5.75 Å². The number of hydrogen-bond acceptors (Lipinski definition) is 3. The van der Waals surface area contributed by atoms with E-state index in [4.69, 9.17) is 9.84 Å². The lowest BCUT2D eigenvalue weighted by atomic mass is 10.1. The summed E-state index contributed by atoms with van der Waals surface area (Å²) in [5, 5.41) is 12.1. The van der Waals surface area contributed by atoms with Crippen molar-refractivity contribution in [1.29, 1.82) is 0 Å². The van der Waals surface area contributed by atoms with Crippen LogP contribution in [0.5, 0.6) is 5.75 Å². The number of carboxylic acid groups (broad SMARTS) is 1. The highest BCUT2D eigenvalue weighted by Gasteiger charge is 2.02. The van der Waals surface area contributed by atoms with E-state index in [-0.39, 0.29) is 5.56 Å². The number of nitrogens with one attached hydrogen (secondary N) is 1. The second-order valence-electron chi connectivity index (χ2n) is 4.54. The lowest BCUT2D eigenvalue weighted by molar-refractivity contribution is 0.0697. The third kappa shape index (κ3) is 3.29. The monoisotopic (exact) mass is 271 g/mol. The first-order valence-corrected chi connectivity index (χ1v) is 6.31. The van der Waals surface area contributed by atoms with Crippen molar-refractivity contribution >= 4 is 11.7 Å². The quantitative estimate of drug-likeness (QED) is 0.876. The molecule has 0 aromatic heterocycles. The minimum atomic E-state index is -0.915. The standard InChI is InChI=1S/C16H17NO3/c1-11-9-12(3-8-15(11)20-2)10-17-14-6-4-13(5-7-14)16(18)19/h3-9,17H,10H2,1-2H3,(H,18,19). The molecule has 0 unspecified atom stereocenters. The summed E-state index contributed by atoms with van der Waals surface area (Å²) >= 11 is 0. The van der Waals surface area contributed by atoms with Crippen molar-refractivity contribution in [2.75, 3.05) is 12.4 Å². The van der Waals surface area contributed by atoms with Crippen LogP contribution in [0.2, 0.25) is 0 Å². The molecule has 2 aromatic rings. The fourth-order valence-corrected chi connectivity index (χ4v) is 1.99. The van der Waals surface area contributed by atoms with Crippen molar-refractivity contribution in [3.63, 3.8) is 0 Å². The van der Waals surface area contributed by atoms with Crippen molar-refractivity contribution in [3.8, 4) is 5.75 Å². The second-order valence-corrected chi connectivity index (χ2v) is 4.54. The minimum Gasteiger partial charge on any atom is -0.496 e. The molecule has 20 heavy (non-hydrogen) atoms. The molecule has 0 amide bonds. The van der Waals surface area contributed by atoms with Gasteiger partial charge in [0.15, 0.2) is 0 Å². The van der Waals surface area contributed by atoms with Crippen LogP contribution in [0.15, 0.2) is 42.5 Å². The maximum atomic E-state index is 10.8. The van der Waals surface area contributed by atoms with E-state index >= 15 is 0 Å². The molecule has 2 N–H and O–H groups in total. The zero-order valence-corrected chi connectivity index (χ0v) is 11.5. The Kier molecular flexibility index (Phi) is 4.25. The van der Waals surface area contributed by atoms with Gasteiger partial charge in [-0.25, -0.2) is 4.79 Å². The highest BCUT2D eigenvalue weighted by Crippen LogP contribution is 2.19. The Balaban J connectivity index is 2.01. The number of benzene rings is 2. The van der Waals surface area contributed by atoms with Crippen LogP contribution in [-0.2, 0) is 6.54 Å². The number of hydrogen-bond donors (Lipinski definition) is 2. The number of carbonyl (C=O) groups is 1. The predicted octanol–water partition coefficient (Wildman–Crippen LogP) is 3.31. The average Bonchev–Trinajstić information content (AvgIpc) is 2.45. The van der Waals surface area contributed by atoms with Gasteiger partial charge >= 0.3 is 5.97 Å². The second kappa shape index (κ2) is 6.10. The third-order valence-electron chi connectivity index (χ3n) is 3.09. The largest absolute Gasteiger partial charge is 0.496 e. The molecule has 0 saturated heterocycles. The number of ether oxygens (including phenoxy) is 1. The molecule has 0 aliphatic rings. The van der Waals surface area contributed by atoms with Crippen LogP contribution in [0.3, 0.4) is 0 Å². The van der Waals surface area contributed by atoms with Crippen LogP contribution in [0, 0.1) is 6.92 Å². The van der Waals surface area contributed by atoms with Gasteiger partial charge < -0.3 is 15.2 Å². The molecule has 0 atom stereocenters. The van der Waals surface area contributed by atoms with Gasteiger partial charge in [0, 0.05) is 12.2 Å². The fraction of sp³-hybridized carbons (Fsp3) is 0.188. The fourth-order valence-electron chi connectivity index (χ4n) is 1.99. The molecule has 0 spiro atoms. The van der Waals surface area contributed by atoms with Crippen LogP contribution < -0.4 is 10.1 Å². The molecular formula is C16H17NO3. The Morgan fingerprint density at radius 2 is 1.90 bits per heavy atom. The molecule has 0 aliphatic heterocycles. The number of rotatable bonds is 5. The predicted molar refractivity (Wildman–Crippen MR) is 78.5 cm³/mol. The van der Waals surface area contributed by atoms with E-state index in [0.717, 1.165) is 22.6 Å². The maximum absolute atomic E-state index is 10.8. The van der Waals surface area contributed by atoms with Crippen molar-refractivity contribution in [2.45, 2.75) is 13.5 Å². The van der Waals surface area contributed by atoms with Gasteiger partial charge in [-0.15, -0.1) is 0 Å². The molecule has 4 heteroatoms. The molecule has 0 bridgehead atoms. The van der Waals surface area contributed by atoms with Crippen LogP contribution in [0.25, 0.3) is 0 Å². The smallest absolute Gasteiger partial charge is 0.335 e. The Labute approximate surface area is 118 Å². The molecular weight excluding hydrogens is 254 g/mol. The summed E-state index contributed by atoms with van der Waals surface area (Å²) in [4.78, 5) is 10.8. The van der Waals surface area contributed by atoms with Crippen LogP contribution in [-0.4, -0.2) is 18.2 Å². The summed E-state index contributed by atoms with van der Waals surface area (Å²) in [6.45, 7) is 2.68. The minimum absolute atomic E-state index is 0.288. The van der Waals surface area contributed by atoms with E-state index in [2.05, 4.69) is 11.4 Å². The van der Waals surface area contributed by atoms with E-state index in [0.29, 0.717) is 6.54 Å². The molecule has 0 aliphatic carbocycles. The lowest BCUT2D eigenvalue weighted by Crippen LogP contribution is -2.01. The third-order valence-corrected chi connectivity index (χ3v) is 3.09. The zero-order chi connectivity index (χ0) is 14.5. The lowest BCUT2D eigenvalue weighted by Gasteiger charge is -2.09. The van der Waals surface area contributed by atoms with E-state index in [1.54, 1.807) is 31.4 Å². The van der Waals surface area contributed by atoms with Gasteiger partial charge in [-0.05, 0) is 48.4 Å². The van der Waals surface area contributed by atoms with Gasteiger partial charge in [0.25, 0.3) is 0 Å². The first-order chi connectivity index (χ1) is 9.60. The van der Waals surface area contributed by atoms with Gasteiger partial charge in [-0.2, -0.15) is 0 Å². The molecule has 0 fully saturated rings. The Hall–Kier alpha value is -2.49. The van der Waals surface area contributed by atoms with Crippen LogP contribution in [0.1, 0.15) is 21.5 Å². The zero-order valence-electron chi connectivity index (χ0n) is 11.5. The summed E-state index contributed by atoms with van der Waals surface area (Å²) in [5.41, 5.74) is 3.41. The Morgan fingerprint density at radius 1 is 1.20 bits per heavy atom. The summed E-state index contributed by atoms with van der Waals surface area (Å²) in [6, 6.07) is 12.7. The van der Waals surface area contributed by atoms with Gasteiger partial charge in [0.2, 0.25) is 0 Å². The average molecular weight is 271 g/mol. The first-order valence-electron chi connectivity index (χ1n) is 6.31. The Morgan fingerprint density at radius 3 is 2.45 bits per heavy atom. The molecule has 0 heterocycles. The molecule has 104 valence electrons. The number of carboxylic acids is 1. The molecule has 0 saturated carbocycles. The van der Waals surface area contributed by atoms with Crippen molar-refractivity contribution in [2.24, 2.45) is 0 Å². The van der Waals surface area contributed by atoms with Crippen molar-refractivity contribution in [3.05, 3.63) is 59.2 Å². The van der Waals surface area contributed by atoms with Gasteiger partial charge in [-0.3, -0.25) is 0 Å². The molecule has 0 radical (unpaired) electrons. The number of anilines is 1. The van der Waals surface area contributed by atoms with Crippen molar-refractivity contribution in [1.82, 2.24) is 0 Å². The number of aromatic carboxylic acids is 1. The summed E-state index contributed by atoms with van der Waals surface area (Å²) in [5.74, 6) is -0.0399. The highest BCUT2D eigenvalue weighted by atomic mass is 16.5. The van der Waals surface area contributed by atoms with Crippen LogP contribution in [0.4, 0.5) is 5.69 Å². The molecule has 2 rings (SSSR count). The van der Waals surface area contributed by atoms with Crippen molar-refractivity contribution < 1.29 is 14.6 Å². The van der Waals surface area contributed by atoms with Gasteiger partial charge in [-0.1, -0.05) is 12.1 Å². The summed E-state index contributed by atoms with van der Waals surface area (Å²) < 4.78 is 5.22. The number of methoxy groups -OCH3 is 1. The van der Waals surface area contributed by atoms with E-state index in [9.17, 15) is 4.79 Å². The topological polar surface area (TPSA) is 58.6 Å². The normalized spacial score (nSPS) is 10.1. The highest BCUT2D eigenvalue weighted by molar-refractivity contribution is 5.87. The van der Waals surface area contributed by atoms with E-state index in [1.165, 1.54) is 0 Å². The van der Waals surface area contributed by atoms with E-state index < -0.39 is 5.97 Å². The summed E-state index contributed by atoms with van der Waals surface area (Å²) in [6.07, 6.45) is 0. The molecule has 2 aromatic carbocycles. The maximum Gasteiger partial charge on any atom is 0.335 e.